The molecule has 0 atom stereocenters. The zero-order chi connectivity index (χ0) is 10.2. The van der Waals surface area contributed by atoms with Crippen LogP contribution < -0.4 is 5.73 Å². The maximum Gasteiger partial charge on any atom is 0.157 e. The molecule has 0 aromatic carbocycles. The van der Waals surface area contributed by atoms with E-state index in [1.165, 1.54) is 4.88 Å². The summed E-state index contributed by atoms with van der Waals surface area (Å²) in [6.45, 7) is 0.162. The van der Waals surface area contributed by atoms with Crippen molar-refractivity contribution in [3.8, 4) is 0 Å². The van der Waals surface area contributed by atoms with Crippen molar-refractivity contribution >= 4 is 33.0 Å². The Morgan fingerprint density at radius 2 is 2.29 bits per heavy atom. The van der Waals surface area contributed by atoms with Crippen LogP contribution >= 0.6 is 27.3 Å². The van der Waals surface area contributed by atoms with E-state index in [1.807, 2.05) is 12.1 Å². The molecule has 2 N–H and O–H groups in total. The Labute approximate surface area is 95.6 Å². The Kier molecular flexibility index (Phi) is 2.77. The van der Waals surface area contributed by atoms with Gasteiger partial charge in [0.15, 0.2) is 5.78 Å². The highest BCUT2D eigenvalue weighted by atomic mass is 79.9. The van der Waals surface area contributed by atoms with Gasteiger partial charge in [-0.05, 0) is 40.9 Å². The van der Waals surface area contributed by atoms with E-state index in [2.05, 4.69) is 15.9 Å². The summed E-state index contributed by atoms with van der Waals surface area (Å²) in [5, 5.41) is 0. The average molecular weight is 274 g/mol. The molecule has 1 fully saturated rings. The fraction of sp³-hybridized carbons (Fsp3) is 0.500. The van der Waals surface area contributed by atoms with E-state index in [1.54, 1.807) is 11.3 Å². The molecule has 1 aromatic heterocycles. The number of Topliss-reactive ketones (excluding diaryl/α,β-unsaturated/α-hetero) is 1. The van der Waals surface area contributed by atoms with E-state index < -0.39 is 0 Å². The molecule has 0 bridgehead atoms. The Bertz CT molecular complexity index is 357. The second-order valence-corrected chi connectivity index (χ2v) is 6.13. The van der Waals surface area contributed by atoms with E-state index in [4.69, 9.17) is 5.73 Å². The second kappa shape index (κ2) is 3.76. The van der Waals surface area contributed by atoms with Gasteiger partial charge in [0, 0.05) is 4.88 Å². The molecule has 4 heteroatoms. The molecule has 0 spiro atoms. The Morgan fingerprint density at radius 1 is 1.57 bits per heavy atom. The van der Waals surface area contributed by atoms with Crippen molar-refractivity contribution in [3.63, 3.8) is 0 Å². The smallest absolute Gasteiger partial charge is 0.157 e. The average Bonchev–Trinajstić information content (AvgIpc) is 2.50. The molecular formula is C10H12BrNOS. The summed E-state index contributed by atoms with van der Waals surface area (Å²) < 4.78 is 1.09. The number of rotatable bonds is 3. The topological polar surface area (TPSA) is 43.1 Å². The largest absolute Gasteiger partial charge is 0.324 e. The van der Waals surface area contributed by atoms with Gasteiger partial charge in [0.2, 0.25) is 0 Å². The summed E-state index contributed by atoms with van der Waals surface area (Å²) in [4.78, 5) is 13.0. The Balaban J connectivity index is 2.33. The summed E-state index contributed by atoms with van der Waals surface area (Å²) in [6.07, 6.45) is 3.08. The van der Waals surface area contributed by atoms with Crippen molar-refractivity contribution in [2.75, 3.05) is 6.54 Å². The summed E-state index contributed by atoms with van der Waals surface area (Å²) >= 11 is 5.08. The van der Waals surface area contributed by atoms with Gasteiger partial charge in [-0.15, -0.1) is 11.3 Å². The number of ketones is 1. The quantitative estimate of drug-likeness (QED) is 0.920. The first-order valence-corrected chi connectivity index (χ1v) is 6.29. The summed E-state index contributed by atoms with van der Waals surface area (Å²) in [7, 11) is 0. The lowest BCUT2D eigenvalue weighted by Crippen LogP contribution is -2.45. The van der Waals surface area contributed by atoms with Gasteiger partial charge >= 0.3 is 0 Å². The molecule has 2 rings (SSSR count). The third-order valence-corrected chi connectivity index (χ3v) is 4.80. The number of carbonyl (C=O) groups is 1. The van der Waals surface area contributed by atoms with E-state index in [0.717, 1.165) is 23.0 Å². The molecule has 0 unspecified atom stereocenters. The van der Waals surface area contributed by atoms with Crippen LogP contribution in [-0.2, 0) is 10.2 Å². The standard InChI is InChI=1S/C10H12BrNOS/c11-9-3-2-8(14-9)10(4-1-5-10)7(13)6-12/h2-3H,1,4-6,12H2. The fourth-order valence-electron chi connectivity index (χ4n) is 1.96. The van der Waals surface area contributed by atoms with Crippen LogP contribution in [0.15, 0.2) is 15.9 Å². The van der Waals surface area contributed by atoms with Crippen LogP contribution in [0.3, 0.4) is 0 Å². The predicted molar refractivity (Wildman–Crippen MR) is 61.6 cm³/mol. The van der Waals surface area contributed by atoms with Gasteiger partial charge in [-0.25, -0.2) is 0 Å². The van der Waals surface area contributed by atoms with Crippen molar-refractivity contribution in [2.24, 2.45) is 5.73 Å². The molecule has 0 aliphatic heterocycles. The van der Waals surface area contributed by atoms with Gasteiger partial charge in [0.25, 0.3) is 0 Å². The first-order valence-electron chi connectivity index (χ1n) is 4.68. The van der Waals surface area contributed by atoms with Crippen molar-refractivity contribution in [1.82, 2.24) is 0 Å². The molecule has 1 saturated carbocycles. The lowest BCUT2D eigenvalue weighted by atomic mass is 9.65. The molecule has 14 heavy (non-hydrogen) atoms. The minimum atomic E-state index is -0.231. The molecule has 0 saturated heterocycles. The number of hydrogen-bond donors (Lipinski definition) is 1. The zero-order valence-electron chi connectivity index (χ0n) is 7.75. The summed E-state index contributed by atoms with van der Waals surface area (Å²) in [6, 6.07) is 4.05. The Morgan fingerprint density at radius 3 is 2.64 bits per heavy atom. The maximum absolute atomic E-state index is 11.8. The van der Waals surface area contributed by atoms with Crippen LogP contribution in [0.2, 0.25) is 0 Å². The second-order valence-electron chi connectivity index (χ2n) is 3.67. The number of halogens is 1. The van der Waals surface area contributed by atoms with Crippen LogP contribution in [0.1, 0.15) is 24.1 Å². The molecule has 0 radical (unpaired) electrons. The Hall–Kier alpha value is -0.190. The van der Waals surface area contributed by atoms with Gasteiger partial charge in [-0.1, -0.05) is 6.42 Å². The summed E-state index contributed by atoms with van der Waals surface area (Å²) in [5.41, 5.74) is 5.22. The van der Waals surface area contributed by atoms with Crippen LogP contribution in [-0.4, -0.2) is 12.3 Å². The molecule has 2 nitrogen and oxygen atoms in total. The van der Waals surface area contributed by atoms with E-state index >= 15 is 0 Å². The van der Waals surface area contributed by atoms with Crippen LogP contribution in [0.4, 0.5) is 0 Å². The first-order chi connectivity index (χ1) is 6.69. The van der Waals surface area contributed by atoms with Gasteiger partial charge in [-0.2, -0.15) is 0 Å². The third kappa shape index (κ3) is 1.45. The van der Waals surface area contributed by atoms with Gasteiger partial charge in [0.1, 0.15) is 0 Å². The van der Waals surface area contributed by atoms with Gasteiger partial charge < -0.3 is 5.73 Å². The summed E-state index contributed by atoms with van der Waals surface area (Å²) in [5.74, 6) is 0.193. The normalized spacial score (nSPS) is 19.0. The predicted octanol–water partition coefficient (Wildman–Crippen LogP) is 2.46. The van der Waals surface area contributed by atoms with E-state index in [-0.39, 0.29) is 17.7 Å². The highest BCUT2D eigenvalue weighted by molar-refractivity contribution is 9.11. The van der Waals surface area contributed by atoms with Crippen LogP contribution in [0.25, 0.3) is 0 Å². The maximum atomic E-state index is 11.8. The lowest BCUT2D eigenvalue weighted by molar-refractivity contribution is -0.126. The van der Waals surface area contributed by atoms with Crippen LogP contribution in [0, 0.1) is 0 Å². The van der Waals surface area contributed by atoms with Gasteiger partial charge in [0.05, 0.1) is 15.7 Å². The molecular weight excluding hydrogens is 262 g/mol. The van der Waals surface area contributed by atoms with E-state index in [0.29, 0.717) is 0 Å². The lowest BCUT2D eigenvalue weighted by Gasteiger charge is -2.39. The number of thiophene rings is 1. The molecule has 1 heterocycles. The minimum Gasteiger partial charge on any atom is -0.324 e. The molecule has 1 aromatic rings. The van der Waals surface area contributed by atoms with Crippen molar-refractivity contribution in [3.05, 3.63) is 20.8 Å². The first kappa shape index (κ1) is 10.3. The zero-order valence-corrected chi connectivity index (χ0v) is 10.2. The van der Waals surface area contributed by atoms with E-state index in [9.17, 15) is 4.79 Å². The highest BCUT2D eigenvalue weighted by Gasteiger charge is 2.45. The fourth-order valence-corrected chi connectivity index (χ4v) is 3.61. The van der Waals surface area contributed by atoms with Crippen molar-refractivity contribution < 1.29 is 4.79 Å². The number of carbonyl (C=O) groups excluding carboxylic acids is 1. The van der Waals surface area contributed by atoms with Crippen molar-refractivity contribution in [2.45, 2.75) is 24.7 Å². The van der Waals surface area contributed by atoms with Crippen molar-refractivity contribution in [1.29, 1.82) is 0 Å². The highest BCUT2D eigenvalue weighted by Crippen LogP contribution is 2.47. The van der Waals surface area contributed by atoms with Crippen LogP contribution in [0.5, 0.6) is 0 Å². The number of nitrogens with two attached hydrogens (primary N) is 1. The monoisotopic (exact) mass is 273 g/mol. The molecule has 0 amide bonds. The van der Waals surface area contributed by atoms with Gasteiger partial charge in [-0.3, -0.25) is 4.79 Å². The molecule has 1 aliphatic rings. The minimum absolute atomic E-state index is 0.162. The SMILES string of the molecule is NCC(=O)C1(c2ccc(Br)s2)CCC1. The third-order valence-electron chi connectivity index (χ3n) is 2.97. The number of hydrogen-bond acceptors (Lipinski definition) is 3. The molecule has 76 valence electrons. The molecule has 1 aliphatic carbocycles.